The van der Waals surface area contributed by atoms with Gasteiger partial charge in [0.25, 0.3) is 0 Å². The van der Waals surface area contributed by atoms with Crippen molar-refractivity contribution in [3.8, 4) is 0 Å². The van der Waals surface area contributed by atoms with Gasteiger partial charge in [-0.3, -0.25) is 0 Å². The minimum absolute atomic E-state index is 0.0418. The van der Waals surface area contributed by atoms with Crippen LogP contribution in [-0.2, 0) is 10.0 Å². The van der Waals surface area contributed by atoms with E-state index in [-0.39, 0.29) is 18.0 Å². The molecule has 2 amide bonds. The summed E-state index contributed by atoms with van der Waals surface area (Å²) < 4.78 is 40.1. The zero-order valence-corrected chi connectivity index (χ0v) is 17.1. The zero-order valence-electron chi connectivity index (χ0n) is 16.3. The fourth-order valence-electron chi connectivity index (χ4n) is 3.20. The third-order valence-electron chi connectivity index (χ3n) is 4.77. The van der Waals surface area contributed by atoms with E-state index in [2.05, 4.69) is 21.6 Å². The van der Waals surface area contributed by atoms with E-state index in [0.29, 0.717) is 26.2 Å². The minimum atomic E-state index is -3.48. The predicted octanol–water partition coefficient (Wildman–Crippen LogP) is 2.41. The van der Waals surface area contributed by atoms with Crippen LogP contribution in [0.2, 0.25) is 0 Å². The highest BCUT2D eigenvalue weighted by molar-refractivity contribution is 7.89. The van der Waals surface area contributed by atoms with Crippen molar-refractivity contribution in [1.29, 1.82) is 0 Å². The molecule has 9 heteroatoms. The van der Waals surface area contributed by atoms with Crippen molar-refractivity contribution in [2.45, 2.75) is 6.92 Å². The average Bonchev–Trinajstić information content (AvgIpc) is 2.70. The molecule has 2 aromatic rings. The second-order valence-electron chi connectivity index (χ2n) is 6.90. The molecule has 0 saturated carbocycles. The highest BCUT2D eigenvalue weighted by Gasteiger charge is 2.26. The number of amides is 2. The van der Waals surface area contributed by atoms with Gasteiger partial charge in [-0.05, 0) is 36.8 Å². The number of benzene rings is 2. The lowest BCUT2D eigenvalue weighted by Crippen LogP contribution is -2.50. The van der Waals surface area contributed by atoms with Crippen LogP contribution >= 0.6 is 0 Å². The van der Waals surface area contributed by atoms with Crippen molar-refractivity contribution in [1.82, 2.24) is 9.62 Å². The number of nitrogens with zero attached hydrogens (tertiary/aromatic N) is 2. The van der Waals surface area contributed by atoms with Crippen LogP contribution in [0, 0.1) is 12.7 Å². The molecule has 3 rings (SSSR count). The first-order valence-electron chi connectivity index (χ1n) is 9.44. The Morgan fingerprint density at radius 1 is 1.07 bits per heavy atom. The molecule has 0 bridgehead atoms. The van der Waals surface area contributed by atoms with Crippen LogP contribution in [0.4, 0.5) is 20.6 Å². The second kappa shape index (κ2) is 9.23. The van der Waals surface area contributed by atoms with E-state index in [9.17, 15) is 17.6 Å². The lowest BCUT2D eigenvalue weighted by atomic mass is 10.2. The van der Waals surface area contributed by atoms with Crippen LogP contribution in [0.5, 0.6) is 0 Å². The van der Waals surface area contributed by atoms with Crippen molar-refractivity contribution in [2.75, 3.05) is 48.7 Å². The van der Waals surface area contributed by atoms with Gasteiger partial charge in [-0.15, -0.1) is 0 Å². The van der Waals surface area contributed by atoms with Crippen LogP contribution in [0.1, 0.15) is 5.56 Å². The smallest absolute Gasteiger partial charge is 0.319 e. The summed E-state index contributed by atoms with van der Waals surface area (Å²) in [4.78, 5) is 14.0. The second-order valence-corrected chi connectivity index (χ2v) is 8.99. The van der Waals surface area contributed by atoms with Crippen molar-refractivity contribution >= 4 is 27.4 Å². The molecule has 29 heavy (non-hydrogen) atoms. The summed E-state index contributed by atoms with van der Waals surface area (Å²) in [7, 11) is -3.48. The number of nitrogens with one attached hydrogen (secondary N) is 2. The molecule has 2 aromatic carbocycles. The molecule has 1 fully saturated rings. The van der Waals surface area contributed by atoms with Gasteiger partial charge < -0.3 is 15.5 Å². The molecule has 1 aliphatic rings. The Morgan fingerprint density at radius 3 is 2.48 bits per heavy atom. The van der Waals surface area contributed by atoms with Crippen LogP contribution < -0.4 is 15.5 Å². The Balaban J connectivity index is 1.45. The molecule has 0 unspecified atom stereocenters. The molecule has 0 atom stereocenters. The largest absolute Gasteiger partial charge is 0.369 e. The predicted molar refractivity (Wildman–Crippen MR) is 112 cm³/mol. The normalized spacial score (nSPS) is 15.2. The van der Waals surface area contributed by atoms with Crippen molar-refractivity contribution in [3.05, 3.63) is 59.9 Å². The van der Waals surface area contributed by atoms with Crippen molar-refractivity contribution < 1.29 is 17.6 Å². The van der Waals surface area contributed by atoms with Gasteiger partial charge in [0.15, 0.2) is 0 Å². The summed E-state index contributed by atoms with van der Waals surface area (Å²) in [5, 5.41) is 4.83. The number of aryl methyl sites for hydroxylation is 1. The summed E-state index contributed by atoms with van der Waals surface area (Å²) >= 11 is 0. The topological polar surface area (TPSA) is 81.8 Å². The molecule has 2 N–H and O–H groups in total. The van der Waals surface area contributed by atoms with Gasteiger partial charge in [-0.1, -0.05) is 24.3 Å². The van der Waals surface area contributed by atoms with Gasteiger partial charge >= 0.3 is 6.03 Å². The van der Waals surface area contributed by atoms with Crippen molar-refractivity contribution in [2.24, 2.45) is 0 Å². The van der Waals surface area contributed by atoms with E-state index >= 15 is 0 Å². The summed E-state index contributed by atoms with van der Waals surface area (Å²) in [6, 6.07) is 13.3. The van der Waals surface area contributed by atoms with Crippen LogP contribution in [-0.4, -0.2) is 57.2 Å². The van der Waals surface area contributed by atoms with E-state index in [0.717, 1.165) is 11.3 Å². The maximum Gasteiger partial charge on any atom is 0.319 e. The Morgan fingerprint density at radius 2 is 1.79 bits per heavy atom. The maximum absolute atomic E-state index is 13.5. The van der Waals surface area contributed by atoms with Gasteiger partial charge in [-0.25, -0.2) is 17.6 Å². The lowest BCUT2D eigenvalue weighted by molar-refractivity contribution is 0.252. The number of rotatable bonds is 6. The maximum atomic E-state index is 13.5. The molecule has 1 aliphatic heterocycles. The van der Waals surface area contributed by atoms with Crippen molar-refractivity contribution in [3.63, 3.8) is 0 Å². The van der Waals surface area contributed by atoms with Crippen LogP contribution in [0.25, 0.3) is 0 Å². The molecule has 0 aromatic heterocycles. The molecule has 0 aliphatic carbocycles. The van der Waals surface area contributed by atoms with Gasteiger partial charge in [0.05, 0.1) is 11.4 Å². The average molecular weight is 421 g/mol. The Bertz CT molecular complexity index is 960. The fraction of sp³-hybridized carbons (Fsp3) is 0.350. The van der Waals surface area contributed by atoms with E-state index in [1.54, 1.807) is 6.07 Å². The Hall–Kier alpha value is -2.65. The summed E-state index contributed by atoms with van der Waals surface area (Å²) in [5.74, 6) is -0.760. The highest BCUT2D eigenvalue weighted by Crippen LogP contribution is 2.19. The quantitative estimate of drug-likeness (QED) is 0.752. The molecule has 156 valence electrons. The SMILES string of the molecule is Cc1cccc(N2CCN(S(=O)(=O)CCNC(=O)Nc3ccccc3F)CC2)c1. The van der Waals surface area contributed by atoms with E-state index in [1.165, 1.54) is 22.5 Å². The van der Waals surface area contributed by atoms with Gasteiger partial charge in [0.2, 0.25) is 10.0 Å². The number of sulfonamides is 1. The first kappa shape index (κ1) is 21.1. The van der Waals surface area contributed by atoms with E-state index < -0.39 is 21.9 Å². The lowest BCUT2D eigenvalue weighted by Gasteiger charge is -2.35. The number of hydrogen-bond acceptors (Lipinski definition) is 4. The minimum Gasteiger partial charge on any atom is -0.369 e. The van der Waals surface area contributed by atoms with Crippen LogP contribution in [0.3, 0.4) is 0 Å². The number of anilines is 2. The number of carbonyl (C=O) groups excluding carboxylic acids is 1. The van der Waals surface area contributed by atoms with E-state index in [1.807, 2.05) is 25.1 Å². The number of piperazine rings is 1. The summed E-state index contributed by atoms with van der Waals surface area (Å²) in [5.41, 5.74) is 2.30. The number of carbonyl (C=O) groups is 1. The first-order chi connectivity index (χ1) is 13.8. The van der Waals surface area contributed by atoms with Gasteiger partial charge in [-0.2, -0.15) is 4.31 Å². The molecule has 7 nitrogen and oxygen atoms in total. The summed E-state index contributed by atoms with van der Waals surface area (Å²) in [6.45, 7) is 4.00. The summed E-state index contributed by atoms with van der Waals surface area (Å²) in [6.07, 6.45) is 0. The molecule has 0 radical (unpaired) electrons. The van der Waals surface area contributed by atoms with Gasteiger partial charge in [0.1, 0.15) is 5.82 Å². The molecule has 1 saturated heterocycles. The fourth-order valence-corrected chi connectivity index (χ4v) is 4.54. The number of hydrogen-bond donors (Lipinski definition) is 2. The Labute approximate surface area is 170 Å². The molecule has 0 spiro atoms. The first-order valence-corrected chi connectivity index (χ1v) is 11.0. The number of urea groups is 1. The Kier molecular flexibility index (Phi) is 6.71. The molecular weight excluding hydrogens is 395 g/mol. The third-order valence-corrected chi connectivity index (χ3v) is 6.64. The third kappa shape index (κ3) is 5.68. The molecule has 1 heterocycles. The highest BCUT2D eigenvalue weighted by atomic mass is 32.2. The van der Waals surface area contributed by atoms with Gasteiger partial charge in [0, 0.05) is 38.4 Å². The van der Waals surface area contributed by atoms with E-state index in [4.69, 9.17) is 0 Å². The molecular formula is C20H25FN4O3S. The number of para-hydroxylation sites is 1. The monoisotopic (exact) mass is 420 g/mol. The zero-order chi connectivity index (χ0) is 20.9. The van der Waals surface area contributed by atoms with Crippen LogP contribution in [0.15, 0.2) is 48.5 Å². The standard InChI is InChI=1S/C20H25FN4O3S/c1-16-5-4-6-17(15-16)24-10-12-25(13-11-24)29(27,28)14-9-22-20(26)23-19-8-3-2-7-18(19)21/h2-8,15H,9-14H2,1H3,(H2,22,23,26). The number of halogens is 1.